The summed E-state index contributed by atoms with van der Waals surface area (Å²) in [7, 11) is 0. The molecule has 0 spiro atoms. The molecule has 1 saturated heterocycles. The first-order chi connectivity index (χ1) is 10.5. The normalized spacial score (nSPS) is 19.2. The Morgan fingerprint density at radius 2 is 2.36 bits per heavy atom. The molecule has 0 radical (unpaired) electrons. The van der Waals surface area contributed by atoms with Crippen LogP contribution in [0.2, 0.25) is 5.02 Å². The molecule has 0 saturated carbocycles. The van der Waals surface area contributed by atoms with Crippen LogP contribution in [-0.4, -0.2) is 49.8 Å². The standard InChI is InChI=1S/C14H17ClF2N2O3/c1-2-19-5-6-21-12(8-19)13(20)18-9-3-4-10(15)11(7-9)22-14(16)17/h3-4,7,12,14H,2,5-6,8H2,1H3,(H,18,20)/t12-/m0/s1. The molecule has 22 heavy (non-hydrogen) atoms. The fraction of sp³-hybridized carbons (Fsp3) is 0.500. The number of nitrogens with one attached hydrogen (secondary N) is 1. The van der Waals surface area contributed by atoms with Crippen molar-refractivity contribution in [3.63, 3.8) is 0 Å². The van der Waals surface area contributed by atoms with E-state index in [0.29, 0.717) is 18.8 Å². The first kappa shape index (κ1) is 16.9. The Labute approximate surface area is 132 Å². The number of alkyl halides is 2. The van der Waals surface area contributed by atoms with E-state index in [9.17, 15) is 13.6 Å². The summed E-state index contributed by atoms with van der Waals surface area (Å²) in [4.78, 5) is 14.3. The lowest BCUT2D eigenvalue weighted by atomic mass is 10.2. The third-order valence-electron chi connectivity index (χ3n) is 3.31. The van der Waals surface area contributed by atoms with Gasteiger partial charge in [0, 0.05) is 24.8 Å². The molecule has 8 heteroatoms. The molecule has 2 rings (SSSR count). The van der Waals surface area contributed by atoms with Gasteiger partial charge < -0.3 is 14.8 Å². The van der Waals surface area contributed by atoms with Crippen LogP contribution in [0, 0.1) is 0 Å². The minimum atomic E-state index is -2.98. The topological polar surface area (TPSA) is 50.8 Å². The van der Waals surface area contributed by atoms with Crippen molar-refractivity contribution in [2.24, 2.45) is 0 Å². The van der Waals surface area contributed by atoms with Crippen LogP contribution in [0.3, 0.4) is 0 Å². The molecule has 1 amide bonds. The number of carbonyl (C=O) groups is 1. The molecule has 0 aliphatic carbocycles. The molecule has 0 bridgehead atoms. The van der Waals surface area contributed by atoms with Crippen molar-refractivity contribution in [2.45, 2.75) is 19.6 Å². The Morgan fingerprint density at radius 3 is 3.05 bits per heavy atom. The molecule has 1 aromatic carbocycles. The van der Waals surface area contributed by atoms with Gasteiger partial charge in [0.1, 0.15) is 11.9 Å². The van der Waals surface area contributed by atoms with Gasteiger partial charge in [0.05, 0.1) is 11.6 Å². The monoisotopic (exact) mass is 334 g/mol. The summed E-state index contributed by atoms with van der Waals surface area (Å²) in [6, 6.07) is 4.15. The molecule has 1 aliphatic rings. The zero-order valence-corrected chi connectivity index (χ0v) is 12.8. The molecular formula is C14H17ClF2N2O3. The molecule has 1 aromatic rings. The third kappa shape index (κ3) is 4.53. The number of hydrogen-bond donors (Lipinski definition) is 1. The largest absolute Gasteiger partial charge is 0.433 e. The van der Waals surface area contributed by atoms with Crippen molar-refractivity contribution in [3.05, 3.63) is 23.2 Å². The summed E-state index contributed by atoms with van der Waals surface area (Å²) in [5.41, 5.74) is 0.322. The lowest BCUT2D eigenvalue weighted by molar-refractivity contribution is -0.132. The Balaban J connectivity index is 2.02. The molecule has 122 valence electrons. The molecule has 1 aliphatic heterocycles. The molecule has 0 aromatic heterocycles. The number of likely N-dealkylation sites (N-methyl/N-ethyl adjacent to an activating group) is 1. The van der Waals surface area contributed by atoms with Crippen molar-refractivity contribution >= 4 is 23.2 Å². The van der Waals surface area contributed by atoms with E-state index in [2.05, 4.69) is 15.0 Å². The van der Waals surface area contributed by atoms with Crippen molar-refractivity contribution in [1.82, 2.24) is 4.90 Å². The summed E-state index contributed by atoms with van der Waals surface area (Å²) in [6.07, 6.45) is -0.594. The van der Waals surface area contributed by atoms with E-state index in [0.717, 1.165) is 13.1 Å². The van der Waals surface area contributed by atoms with Gasteiger partial charge in [-0.2, -0.15) is 8.78 Å². The second-order valence-electron chi connectivity index (χ2n) is 4.77. The van der Waals surface area contributed by atoms with Crippen molar-refractivity contribution < 1.29 is 23.0 Å². The Kier molecular flexibility index (Phi) is 5.93. The quantitative estimate of drug-likeness (QED) is 0.899. The molecule has 1 atom stereocenters. The van der Waals surface area contributed by atoms with Crippen LogP contribution < -0.4 is 10.1 Å². The minimum absolute atomic E-state index is 0.0457. The average Bonchev–Trinajstić information content (AvgIpc) is 2.50. The third-order valence-corrected chi connectivity index (χ3v) is 3.62. The Morgan fingerprint density at radius 1 is 1.59 bits per heavy atom. The predicted molar refractivity (Wildman–Crippen MR) is 78.6 cm³/mol. The number of benzene rings is 1. The molecule has 0 unspecified atom stereocenters. The maximum atomic E-state index is 12.3. The average molecular weight is 335 g/mol. The highest BCUT2D eigenvalue weighted by Crippen LogP contribution is 2.29. The second-order valence-corrected chi connectivity index (χ2v) is 5.17. The molecule has 1 fully saturated rings. The van der Waals surface area contributed by atoms with Gasteiger partial charge in [-0.1, -0.05) is 18.5 Å². The zero-order chi connectivity index (χ0) is 16.1. The fourth-order valence-electron chi connectivity index (χ4n) is 2.14. The SMILES string of the molecule is CCN1CCO[C@H](C(=O)Nc2ccc(Cl)c(OC(F)F)c2)C1. The highest BCUT2D eigenvalue weighted by Gasteiger charge is 2.26. The van der Waals surface area contributed by atoms with Gasteiger partial charge in [-0.25, -0.2) is 0 Å². The first-order valence-corrected chi connectivity index (χ1v) is 7.26. The van der Waals surface area contributed by atoms with E-state index in [-0.39, 0.29) is 16.7 Å². The highest BCUT2D eigenvalue weighted by molar-refractivity contribution is 6.32. The fourth-order valence-corrected chi connectivity index (χ4v) is 2.30. The van der Waals surface area contributed by atoms with Gasteiger partial charge in [0.25, 0.3) is 5.91 Å². The van der Waals surface area contributed by atoms with Gasteiger partial charge in [0.2, 0.25) is 0 Å². The lowest BCUT2D eigenvalue weighted by Gasteiger charge is -2.31. The van der Waals surface area contributed by atoms with Crippen LogP contribution in [0.15, 0.2) is 18.2 Å². The number of hydrogen-bond acceptors (Lipinski definition) is 4. The molecule has 5 nitrogen and oxygen atoms in total. The van der Waals surface area contributed by atoms with E-state index >= 15 is 0 Å². The van der Waals surface area contributed by atoms with Crippen LogP contribution in [0.1, 0.15) is 6.92 Å². The van der Waals surface area contributed by atoms with Crippen LogP contribution in [0.25, 0.3) is 0 Å². The number of morpholine rings is 1. The van der Waals surface area contributed by atoms with Gasteiger partial charge in [-0.05, 0) is 18.7 Å². The summed E-state index contributed by atoms with van der Waals surface area (Å²) < 4.78 is 34.3. The van der Waals surface area contributed by atoms with Gasteiger partial charge in [-0.3, -0.25) is 9.69 Å². The molecule has 1 heterocycles. The Hall–Kier alpha value is -1.44. The van der Waals surface area contributed by atoms with Crippen LogP contribution in [0.5, 0.6) is 5.75 Å². The first-order valence-electron chi connectivity index (χ1n) is 6.88. The zero-order valence-electron chi connectivity index (χ0n) is 12.0. The van der Waals surface area contributed by atoms with Crippen LogP contribution in [-0.2, 0) is 9.53 Å². The summed E-state index contributed by atoms with van der Waals surface area (Å²) in [6.45, 7) is 1.62. The number of anilines is 1. The predicted octanol–water partition coefficient (Wildman–Crippen LogP) is 2.60. The van der Waals surface area contributed by atoms with E-state index < -0.39 is 12.7 Å². The number of amides is 1. The van der Waals surface area contributed by atoms with Gasteiger partial charge in [-0.15, -0.1) is 0 Å². The number of halogens is 3. The van der Waals surface area contributed by atoms with Crippen molar-refractivity contribution in [3.8, 4) is 5.75 Å². The minimum Gasteiger partial charge on any atom is -0.433 e. The number of nitrogens with zero attached hydrogens (tertiary/aromatic N) is 1. The van der Waals surface area contributed by atoms with Crippen LogP contribution in [0.4, 0.5) is 14.5 Å². The van der Waals surface area contributed by atoms with Crippen molar-refractivity contribution in [2.75, 3.05) is 31.6 Å². The number of rotatable bonds is 5. The summed E-state index contributed by atoms with van der Waals surface area (Å²) in [5, 5.41) is 2.67. The summed E-state index contributed by atoms with van der Waals surface area (Å²) in [5.74, 6) is -0.516. The van der Waals surface area contributed by atoms with Gasteiger partial charge in [0.15, 0.2) is 0 Å². The van der Waals surface area contributed by atoms with E-state index in [4.69, 9.17) is 16.3 Å². The van der Waals surface area contributed by atoms with Crippen LogP contribution >= 0.6 is 11.6 Å². The Bertz CT molecular complexity index is 531. The van der Waals surface area contributed by atoms with Gasteiger partial charge >= 0.3 is 6.61 Å². The van der Waals surface area contributed by atoms with E-state index in [1.54, 1.807) is 0 Å². The number of ether oxygens (including phenoxy) is 2. The van der Waals surface area contributed by atoms with E-state index in [1.807, 2.05) is 6.92 Å². The maximum absolute atomic E-state index is 12.3. The number of carbonyl (C=O) groups excluding carboxylic acids is 1. The highest BCUT2D eigenvalue weighted by atomic mass is 35.5. The maximum Gasteiger partial charge on any atom is 0.387 e. The molecule has 1 N–H and O–H groups in total. The van der Waals surface area contributed by atoms with E-state index in [1.165, 1.54) is 18.2 Å². The second kappa shape index (κ2) is 7.71. The lowest BCUT2D eigenvalue weighted by Crippen LogP contribution is -2.47. The smallest absolute Gasteiger partial charge is 0.387 e. The summed E-state index contributed by atoms with van der Waals surface area (Å²) >= 11 is 5.76. The van der Waals surface area contributed by atoms with Crippen molar-refractivity contribution in [1.29, 1.82) is 0 Å². The molecular weight excluding hydrogens is 318 g/mol.